The maximum Gasteiger partial charge on any atom is 0.283 e. The number of carbonyl (C=O) groups excluding carboxylic acids is 2. The molecule has 15 heteroatoms. The Kier molecular flexibility index (Phi) is 17.3. The zero-order valence-electron chi connectivity index (χ0n) is 33.5. The molecule has 1 spiro atoms. The number of nitrogens with zero attached hydrogens (tertiary/aromatic N) is 3. The molecule has 1 saturated carbocycles. The first-order valence-electron chi connectivity index (χ1n) is 20.5. The Balaban J connectivity index is 0.000000389. The Bertz CT molecular complexity index is 1830. The third-order valence-electron chi connectivity index (χ3n) is 12.3. The van der Waals surface area contributed by atoms with E-state index in [2.05, 4.69) is 55.4 Å². The van der Waals surface area contributed by atoms with E-state index >= 15 is 0 Å². The Hall–Kier alpha value is -2.34. The fourth-order valence-corrected chi connectivity index (χ4v) is 11.0. The van der Waals surface area contributed by atoms with Gasteiger partial charge in [0.05, 0.1) is 25.1 Å². The second kappa shape index (κ2) is 21.4. The summed E-state index contributed by atoms with van der Waals surface area (Å²) >= 11 is 8.67. The first-order chi connectivity index (χ1) is 27.5. The molecule has 2 bridgehead atoms. The van der Waals surface area contributed by atoms with Gasteiger partial charge in [0.15, 0.2) is 17.4 Å². The van der Waals surface area contributed by atoms with Crippen molar-refractivity contribution in [2.24, 2.45) is 17.8 Å². The van der Waals surface area contributed by atoms with Crippen LogP contribution in [0, 0.1) is 17.8 Å². The number of amides is 1. The number of fused-ring (bicyclic) bond motifs is 5. The molecule has 3 fully saturated rings. The molecule has 2 N–H and O–H groups in total. The van der Waals surface area contributed by atoms with Crippen LogP contribution in [-0.4, -0.2) is 119 Å². The van der Waals surface area contributed by atoms with Crippen LogP contribution < -0.4 is 19.7 Å². The Morgan fingerprint density at radius 1 is 1.16 bits per heavy atom. The number of nitrogens with one attached hydrogen (secondary N) is 2. The quantitative estimate of drug-likeness (QED) is 0.268. The second-order valence-corrected chi connectivity index (χ2v) is 20.0. The van der Waals surface area contributed by atoms with Crippen LogP contribution in [0.3, 0.4) is 0 Å². The van der Waals surface area contributed by atoms with Crippen LogP contribution in [0.15, 0.2) is 42.5 Å². The minimum Gasteiger partial charge on any atom is -0.489 e. The number of piperazine rings is 1. The van der Waals surface area contributed by atoms with E-state index in [1.165, 1.54) is 35.3 Å². The summed E-state index contributed by atoms with van der Waals surface area (Å²) in [5, 5.41) is 3.18. The number of sulfonamides is 1. The van der Waals surface area contributed by atoms with E-state index in [4.69, 9.17) is 30.8 Å². The lowest BCUT2D eigenvalue weighted by atomic mass is 9.69. The topological polar surface area (TPSA) is 139 Å². The molecule has 1 aromatic heterocycles. The highest BCUT2D eigenvalue weighted by molar-refractivity contribution is 14.1. The van der Waals surface area contributed by atoms with Crippen LogP contribution in [0.2, 0.25) is 5.02 Å². The normalized spacial score (nSPS) is 29.7. The SMILES string of the molecule is C.C1CN2CCOC[C@@H]2CN1.CCI.COCC[C@@H]1[C@@H](C)C/C=C/C(=O)[C@@H]2CC[C@H]2CN2C[C@@]3(CCCc4cc(Cl)ccc43)COc3ccc(nc32)C(=O)NS1(=O)=O. The van der Waals surface area contributed by atoms with Crippen LogP contribution in [0.1, 0.15) is 81.4 Å². The van der Waals surface area contributed by atoms with E-state index in [0.29, 0.717) is 48.7 Å². The summed E-state index contributed by atoms with van der Waals surface area (Å²) in [7, 11) is -2.58. The van der Waals surface area contributed by atoms with E-state index in [-0.39, 0.29) is 55.1 Å². The zero-order chi connectivity index (χ0) is 40.6. The lowest BCUT2D eigenvalue weighted by Crippen LogP contribution is -2.56. The molecule has 2 saturated heterocycles. The summed E-state index contributed by atoms with van der Waals surface area (Å²) in [5.74, 6) is -0.00478. The standard InChI is InChI=1S/C33H40ClN3O6S.C7H14N2O.C2H5I.CH4/c1-21-5-3-7-28(38)25-10-8-23(25)18-37-19-33(15-4-6-22-17-24(34)9-11-26(22)33)20-43-29-13-12-27(35-31(29)37)32(39)36-44(40,41)30(21)14-16-42-2;1-2-9-3-4-10-6-7(9)5-8-1;1-2-3;/h3,7,9,11-13,17,21,23,25,30H,4-6,8,10,14-16,18-20H2,1-2H3,(H,36,39);7-8H,1-6H2;2H2,1H3;1H4/b7-3+;;;/t21-,23-,25+,30+,33-;7-;;/m00../s1. The van der Waals surface area contributed by atoms with Crippen molar-refractivity contribution in [2.45, 2.75) is 82.9 Å². The molecule has 5 heterocycles. The molecule has 0 radical (unpaired) electrons. The van der Waals surface area contributed by atoms with Crippen molar-refractivity contribution in [1.82, 2.24) is 19.9 Å². The maximum atomic E-state index is 13.5. The van der Waals surface area contributed by atoms with E-state index in [0.717, 1.165) is 65.0 Å². The van der Waals surface area contributed by atoms with Crippen molar-refractivity contribution < 1.29 is 32.2 Å². The van der Waals surface area contributed by atoms with Gasteiger partial charge in [-0.1, -0.05) is 67.6 Å². The van der Waals surface area contributed by atoms with Crippen molar-refractivity contribution >= 4 is 61.7 Å². The monoisotopic (exact) mass is 955 g/mol. The van der Waals surface area contributed by atoms with E-state index in [9.17, 15) is 18.0 Å². The molecule has 4 aliphatic heterocycles. The third-order valence-corrected chi connectivity index (χ3v) is 14.5. The van der Waals surface area contributed by atoms with Crippen LogP contribution in [0.4, 0.5) is 5.82 Å². The number of ketones is 1. The highest BCUT2D eigenvalue weighted by Crippen LogP contribution is 2.45. The number of rotatable bonds is 3. The molecule has 8 rings (SSSR count). The Morgan fingerprint density at radius 3 is 2.71 bits per heavy atom. The number of halogens is 2. The molecule has 2 aliphatic carbocycles. The molecule has 6 atom stereocenters. The number of carbonyl (C=O) groups is 2. The summed E-state index contributed by atoms with van der Waals surface area (Å²) in [6.45, 7) is 12.2. The maximum absolute atomic E-state index is 13.5. The van der Waals surface area contributed by atoms with Crippen molar-refractivity contribution in [3.8, 4) is 5.75 Å². The number of aryl methyl sites for hydroxylation is 1. The van der Waals surface area contributed by atoms with Crippen LogP contribution in [0.5, 0.6) is 5.75 Å². The number of methoxy groups -OCH3 is 1. The third kappa shape index (κ3) is 11.1. The number of anilines is 1. The van der Waals surface area contributed by atoms with Gasteiger partial charge in [-0.2, -0.15) is 0 Å². The summed E-state index contributed by atoms with van der Waals surface area (Å²) in [5.41, 5.74) is 2.08. The molecular weight excluding hydrogens is 893 g/mol. The van der Waals surface area contributed by atoms with Gasteiger partial charge in [0.2, 0.25) is 10.0 Å². The van der Waals surface area contributed by atoms with Crippen molar-refractivity contribution in [2.75, 3.05) is 82.1 Å². The number of hydrogen-bond acceptors (Lipinski definition) is 11. The minimum atomic E-state index is -4.09. The molecule has 322 valence electrons. The van der Waals surface area contributed by atoms with Gasteiger partial charge in [-0.15, -0.1) is 0 Å². The van der Waals surface area contributed by atoms with Crippen molar-refractivity contribution in [3.63, 3.8) is 0 Å². The molecular formula is C43H63ClIN5O7S. The van der Waals surface area contributed by atoms with Crippen LogP contribution >= 0.6 is 34.2 Å². The molecule has 2 aromatic rings. The van der Waals surface area contributed by atoms with Gasteiger partial charge in [-0.3, -0.25) is 14.5 Å². The predicted octanol–water partition coefficient (Wildman–Crippen LogP) is 6.23. The van der Waals surface area contributed by atoms with Gasteiger partial charge >= 0.3 is 0 Å². The number of pyridine rings is 1. The lowest BCUT2D eigenvalue weighted by Gasteiger charge is -2.43. The fraction of sp³-hybridized carbons (Fsp3) is 0.651. The molecule has 12 nitrogen and oxygen atoms in total. The lowest BCUT2D eigenvalue weighted by molar-refractivity contribution is -0.122. The summed E-state index contributed by atoms with van der Waals surface area (Å²) in [6.07, 6.45) is 8.57. The van der Waals surface area contributed by atoms with E-state index in [1.54, 1.807) is 18.2 Å². The number of hydrogen-bond donors (Lipinski definition) is 2. The summed E-state index contributed by atoms with van der Waals surface area (Å²) in [4.78, 5) is 36.3. The highest BCUT2D eigenvalue weighted by atomic mass is 127. The van der Waals surface area contributed by atoms with Crippen molar-refractivity contribution in [3.05, 3.63) is 64.3 Å². The summed E-state index contributed by atoms with van der Waals surface area (Å²) < 4.78 is 47.6. The Labute approximate surface area is 364 Å². The first-order valence-corrected chi connectivity index (χ1v) is 23.9. The largest absolute Gasteiger partial charge is 0.489 e. The molecule has 0 unspecified atom stereocenters. The van der Waals surface area contributed by atoms with E-state index < -0.39 is 21.2 Å². The zero-order valence-corrected chi connectivity index (χ0v) is 37.2. The summed E-state index contributed by atoms with van der Waals surface area (Å²) in [6, 6.07) is 9.95. The van der Waals surface area contributed by atoms with Gasteiger partial charge in [-0.25, -0.2) is 18.1 Å². The molecule has 1 aromatic carbocycles. The number of alkyl halides is 1. The van der Waals surface area contributed by atoms with Gasteiger partial charge in [0, 0.05) is 75.4 Å². The average Bonchev–Trinajstić information content (AvgIpc) is 3.33. The van der Waals surface area contributed by atoms with Gasteiger partial charge in [0.25, 0.3) is 5.91 Å². The number of benzene rings is 1. The number of allylic oxidation sites excluding steroid dienone is 2. The molecule has 6 aliphatic rings. The smallest absolute Gasteiger partial charge is 0.283 e. The van der Waals surface area contributed by atoms with Gasteiger partial charge < -0.3 is 24.4 Å². The number of aromatic nitrogens is 1. The highest BCUT2D eigenvalue weighted by Gasteiger charge is 2.45. The predicted molar refractivity (Wildman–Crippen MR) is 239 cm³/mol. The number of ether oxygens (including phenoxy) is 3. The minimum absolute atomic E-state index is 0. The van der Waals surface area contributed by atoms with E-state index in [1.807, 2.05) is 19.1 Å². The first kappa shape index (κ1) is 46.7. The van der Waals surface area contributed by atoms with Gasteiger partial charge in [0.1, 0.15) is 5.69 Å². The fourth-order valence-electron chi connectivity index (χ4n) is 9.13. The molecule has 1 amide bonds. The van der Waals surface area contributed by atoms with Crippen molar-refractivity contribution in [1.29, 1.82) is 0 Å². The number of morpholine rings is 1. The van der Waals surface area contributed by atoms with Crippen LogP contribution in [0.25, 0.3) is 0 Å². The average molecular weight is 956 g/mol. The van der Waals surface area contributed by atoms with Gasteiger partial charge in [-0.05, 0) is 103 Å². The van der Waals surface area contributed by atoms with Crippen LogP contribution in [-0.2, 0) is 36.1 Å². The molecule has 58 heavy (non-hydrogen) atoms. The Morgan fingerprint density at radius 2 is 1.97 bits per heavy atom. The second-order valence-electron chi connectivity index (χ2n) is 16.1.